The molecule has 0 aliphatic carbocycles. The van der Waals surface area contributed by atoms with Crippen LogP contribution in [0.1, 0.15) is 26.3 Å². The summed E-state index contributed by atoms with van der Waals surface area (Å²) in [6.07, 6.45) is -4.68. The number of carbonyl (C=O) groups excluding carboxylic acids is 4. The molecular weight excluding hydrogens is 570 g/mol. The van der Waals surface area contributed by atoms with Crippen molar-refractivity contribution < 1.29 is 37.1 Å². The number of carbonyl (C=O) groups is 4. The Morgan fingerprint density at radius 1 is 0.912 bits per heavy atom. The van der Waals surface area contributed by atoms with Gasteiger partial charge in [-0.05, 0) is 18.2 Å². The number of nitrogens with zero attached hydrogens (tertiary/aromatic N) is 1. The number of fused-ring (bicyclic) bond motifs is 1. The molecule has 0 fully saturated rings. The molecule has 0 atom stereocenters. The van der Waals surface area contributed by atoms with E-state index in [1.54, 1.807) is 0 Å². The summed E-state index contributed by atoms with van der Waals surface area (Å²) < 4.78 is 43.2. The standard InChI is InChI=1S/C19H8Cl5F3N2O5/c20-7-2-1-6(19(25,26)27)3-8(7)28-9(30)5-34-10(31)4-29-17(32)11-12(18(29)33)14(22)16(24)15(23)13(11)21/h1-3H,4-5H2,(H,28,30). The maximum absolute atomic E-state index is 12.8. The molecule has 1 heterocycles. The van der Waals surface area contributed by atoms with Crippen molar-refractivity contribution in [1.82, 2.24) is 4.90 Å². The van der Waals surface area contributed by atoms with Gasteiger partial charge in [0.1, 0.15) is 6.54 Å². The van der Waals surface area contributed by atoms with Gasteiger partial charge in [0, 0.05) is 0 Å². The van der Waals surface area contributed by atoms with Gasteiger partial charge in [0.05, 0.1) is 47.5 Å². The van der Waals surface area contributed by atoms with Crippen LogP contribution in [0.15, 0.2) is 18.2 Å². The Morgan fingerprint density at radius 3 is 1.94 bits per heavy atom. The number of benzene rings is 2. The van der Waals surface area contributed by atoms with Gasteiger partial charge in [-0.2, -0.15) is 13.2 Å². The molecule has 0 aromatic heterocycles. The largest absolute Gasteiger partial charge is 0.454 e. The summed E-state index contributed by atoms with van der Waals surface area (Å²) in [5.74, 6) is -4.21. The third-order valence-corrected chi connectivity index (χ3v) is 6.54. The summed E-state index contributed by atoms with van der Waals surface area (Å²) in [5.41, 5.74) is -2.13. The second kappa shape index (κ2) is 9.79. The lowest BCUT2D eigenvalue weighted by atomic mass is 10.1. The molecule has 0 saturated carbocycles. The summed E-state index contributed by atoms with van der Waals surface area (Å²) >= 11 is 29.5. The van der Waals surface area contributed by atoms with E-state index >= 15 is 0 Å². The minimum atomic E-state index is -4.68. The normalized spacial score (nSPS) is 13.2. The van der Waals surface area contributed by atoms with Crippen LogP contribution in [0.3, 0.4) is 0 Å². The fourth-order valence-corrected chi connectivity index (χ4v) is 4.02. The number of hydrogen-bond acceptors (Lipinski definition) is 5. The zero-order valence-electron chi connectivity index (χ0n) is 16.2. The van der Waals surface area contributed by atoms with Crippen molar-refractivity contribution in [2.75, 3.05) is 18.5 Å². The molecule has 34 heavy (non-hydrogen) atoms. The van der Waals surface area contributed by atoms with Crippen molar-refractivity contribution in [3.63, 3.8) is 0 Å². The number of esters is 1. The molecule has 2 aromatic rings. The summed E-state index contributed by atoms with van der Waals surface area (Å²) in [7, 11) is 0. The number of hydrogen-bond donors (Lipinski definition) is 1. The molecule has 3 amide bonds. The first-order valence-electron chi connectivity index (χ1n) is 8.78. The van der Waals surface area contributed by atoms with Crippen molar-refractivity contribution in [2.24, 2.45) is 0 Å². The summed E-state index contributed by atoms with van der Waals surface area (Å²) in [5, 5.41) is 0.687. The first kappa shape index (κ1) is 26.4. The highest BCUT2D eigenvalue weighted by Crippen LogP contribution is 2.44. The van der Waals surface area contributed by atoms with Crippen LogP contribution in [0.4, 0.5) is 18.9 Å². The Morgan fingerprint density at radius 2 is 1.44 bits per heavy atom. The van der Waals surface area contributed by atoms with Crippen LogP contribution >= 0.6 is 58.0 Å². The average Bonchev–Trinajstić information content (AvgIpc) is 3.00. The van der Waals surface area contributed by atoms with Crippen molar-refractivity contribution >= 4 is 87.4 Å². The Labute approximate surface area is 213 Å². The molecular formula is C19H8Cl5F3N2O5. The number of amides is 3. The summed E-state index contributed by atoms with van der Waals surface area (Å²) in [4.78, 5) is 49.7. The molecule has 2 aromatic carbocycles. The average molecular weight is 579 g/mol. The smallest absolute Gasteiger partial charge is 0.416 e. The van der Waals surface area contributed by atoms with E-state index in [1.165, 1.54) is 0 Å². The maximum Gasteiger partial charge on any atom is 0.416 e. The number of anilines is 1. The summed E-state index contributed by atoms with van der Waals surface area (Å²) in [6.45, 7) is -1.88. The zero-order chi connectivity index (χ0) is 25.5. The minimum absolute atomic E-state index is 0.190. The highest BCUT2D eigenvalue weighted by atomic mass is 35.5. The minimum Gasteiger partial charge on any atom is -0.454 e. The molecule has 15 heteroatoms. The van der Waals surface area contributed by atoms with Crippen LogP contribution in [-0.2, 0) is 20.5 Å². The van der Waals surface area contributed by atoms with E-state index in [0.717, 1.165) is 12.1 Å². The van der Waals surface area contributed by atoms with E-state index < -0.39 is 48.6 Å². The number of alkyl halides is 3. The predicted octanol–water partition coefficient (Wildman–Crippen LogP) is 5.75. The number of ether oxygens (including phenoxy) is 1. The Kier molecular flexibility index (Phi) is 7.59. The fourth-order valence-electron chi connectivity index (χ4n) is 2.84. The van der Waals surface area contributed by atoms with Crippen LogP contribution in [0.5, 0.6) is 0 Å². The van der Waals surface area contributed by atoms with E-state index in [2.05, 4.69) is 5.32 Å². The lowest BCUT2D eigenvalue weighted by Crippen LogP contribution is -2.36. The van der Waals surface area contributed by atoms with E-state index in [-0.39, 0.29) is 41.9 Å². The molecule has 1 N–H and O–H groups in total. The molecule has 180 valence electrons. The van der Waals surface area contributed by atoms with Gasteiger partial charge >= 0.3 is 12.1 Å². The molecule has 0 saturated heterocycles. The molecule has 1 aliphatic rings. The monoisotopic (exact) mass is 576 g/mol. The van der Waals surface area contributed by atoms with Gasteiger partial charge in [-0.25, -0.2) is 0 Å². The summed E-state index contributed by atoms with van der Waals surface area (Å²) in [6, 6.07) is 2.26. The van der Waals surface area contributed by atoms with Crippen LogP contribution in [0, 0.1) is 0 Å². The first-order chi connectivity index (χ1) is 15.7. The first-order valence-corrected chi connectivity index (χ1v) is 10.7. The third-order valence-electron chi connectivity index (χ3n) is 4.40. The zero-order valence-corrected chi connectivity index (χ0v) is 19.9. The van der Waals surface area contributed by atoms with E-state index in [4.69, 9.17) is 62.7 Å². The van der Waals surface area contributed by atoms with Gasteiger partial charge in [-0.3, -0.25) is 24.1 Å². The molecule has 7 nitrogen and oxygen atoms in total. The topological polar surface area (TPSA) is 92.8 Å². The Bertz CT molecular complexity index is 1210. The molecule has 1 aliphatic heterocycles. The van der Waals surface area contributed by atoms with Gasteiger partial charge in [-0.1, -0.05) is 58.0 Å². The number of nitrogens with one attached hydrogen (secondary N) is 1. The second-order valence-electron chi connectivity index (χ2n) is 6.60. The second-order valence-corrected chi connectivity index (χ2v) is 8.52. The van der Waals surface area contributed by atoms with Crippen LogP contribution in [0.2, 0.25) is 25.1 Å². The van der Waals surface area contributed by atoms with E-state index in [9.17, 15) is 32.3 Å². The lowest BCUT2D eigenvalue weighted by Gasteiger charge is -2.14. The Hall–Kier alpha value is -2.24. The van der Waals surface area contributed by atoms with Crippen molar-refractivity contribution in [3.05, 3.63) is 60.0 Å². The quantitative estimate of drug-likeness (QED) is 0.211. The van der Waals surface area contributed by atoms with Gasteiger partial charge in [0.2, 0.25) is 0 Å². The predicted molar refractivity (Wildman–Crippen MR) is 118 cm³/mol. The fraction of sp³-hybridized carbons (Fsp3) is 0.158. The Balaban J connectivity index is 1.65. The number of imide groups is 1. The maximum atomic E-state index is 12.8. The van der Waals surface area contributed by atoms with Crippen molar-refractivity contribution in [3.8, 4) is 0 Å². The van der Waals surface area contributed by atoms with Gasteiger partial charge < -0.3 is 10.1 Å². The number of rotatable bonds is 5. The third kappa shape index (κ3) is 5.06. The van der Waals surface area contributed by atoms with Gasteiger partial charge in [0.15, 0.2) is 6.61 Å². The van der Waals surface area contributed by atoms with Crippen LogP contribution in [-0.4, -0.2) is 41.7 Å². The molecule has 0 bridgehead atoms. The van der Waals surface area contributed by atoms with Crippen LogP contribution in [0.25, 0.3) is 0 Å². The molecule has 0 radical (unpaired) electrons. The van der Waals surface area contributed by atoms with Gasteiger partial charge in [-0.15, -0.1) is 0 Å². The highest BCUT2D eigenvalue weighted by Gasteiger charge is 2.42. The molecule has 0 spiro atoms. The van der Waals surface area contributed by atoms with Crippen molar-refractivity contribution in [1.29, 1.82) is 0 Å². The highest BCUT2D eigenvalue weighted by molar-refractivity contribution is 6.55. The lowest BCUT2D eigenvalue weighted by molar-refractivity contribution is -0.147. The van der Waals surface area contributed by atoms with E-state index in [0.29, 0.717) is 11.0 Å². The number of halogens is 8. The molecule has 3 rings (SSSR count). The molecule has 0 unspecified atom stereocenters. The van der Waals surface area contributed by atoms with Gasteiger partial charge in [0.25, 0.3) is 17.7 Å². The van der Waals surface area contributed by atoms with Crippen molar-refractivity contribution in [2.45, 2.75) is 6.18 Å². The van der Waals surface area contributed by atoms with E-state index in [1.807, 2.05) is 0 Å². The van der Waals surface area contributed by atoms with Crippen LogP contribution < -0.4 is 5.32 Å². The SMILES string of the molecule is O=C(COC(=O)CN1C(=O)c2c(Cl)c(Cl)c(Cl)c(Cl)c2C1=O)Nc1cc(C(F)(F)F)ccc1Cl.